The minimum atomic E-state index is -4.37. The number of nitrogens with one attached hydrogen (secondary N) is 1. The molecule has 7 heteroatoms. The van der Waals surface area contributed by atoms with Crippen LogP contribution >= 0.6 is 11.8 Å². The van der Waals surface area contributed by atoms with Gasteiger partial charge < -0.3 is 5.32 Å². The number of hydrogen-bond donors (Lipinski definition) is 1. The third kappa shape index (κ3) is 6.10. The Balaban J connectivity index is 1.93. The fourth-order valence-corrected chi connectivity index (χ4v) is 2.82. The maximum absolute atomic E-state index is 12.7. The third-order valence-corrected chi connectivity index (χ3v) is 4.20. The monoisotopic (exact) mass is 368 g/mol. The first-order valence-corrected chi connectivity index (χ1v) is 8.79. The maximum atomic E-state index is 12.7. The van der Waals surface area contributed by atoms with Gasteiger partial charge in [0.05, 0.1) is 12.1 Å². The van der Waals surface area contributed by atoms with E-state index in [9.17, 15) is 18.0 Å². The van der Waals surface area contributed by atoms with Gasteiger partial charge in [-0.2, -0.15) is 13.2 Å². The summed E-state index contributed by atoms with van der Waals surface area (Å²) in [5, 5.41) is 2.80. The molecule has 0 atom stereocenters. The molecule has 0 aliphatic carbocycles. The summed E-state index contributed by atoms with van der Waals surface area (Å²) >= 11 is 1.58. The Morgan fingerprint density at radius 3 is 2.56 bits per heavy atom. The number of benzene rings is 2. The van der Waals surface area contributed by atoms with Crippen molar-refractivity contribution in [1.29, 1.82) is 0 Å². The van der Waals surface area contributed by atoms with Crippen molar-refractivity contribution in [3.8, 4) is 0 Å². The van der Waals surface area contributed by atoms with E-state index in [2.05, 4.69) is 5.32 Å². The highest BCUT2D eigenvalue weighted by Gasteiger charge is 2.30. The number of alkyl halides is 3. The number of halogens is 3. The van der Waals surface area contributed by atoms with Crippen LogP contribution in [0.4, 0.5) is 18.9 Å². The van der Waals surface area contributed by atoms with Crippen molar-refractivity contribution in [1.82, 2.24) is 4.90 Å². The minimum Gasteiger partial charge on any atom is -0.325 e. The van der Waals surface area contributed by atoms with Gasteiger partial charge in [0, 0.05) is 17.1 Å². The first-order chi connectivity index (χ1) is 11.8. The second kappa shape index (κ2) is 8.40. The van der Waals surface area contributed by atoms with E-state index in [-0.39, 0.29) is 19.0 Å². The molecule has 0 saturated heterocycles. The van der Waals surface area contributed by atoms with Gasteiger partial charge in [0.15, 0.2) is 0 Å². The van der Waals surface area contributed by atoms with Gasteiger partial charge >= 0.3 is 6.18 Å². The van der Waals surface area contributed by atoms with Crippen LogP contribution in [0.2, 0.25) is 0 Å². The Bertz CT molecular complexity index is 734. The van der Waals surface area contributed by atoms with E-state index >= 15 is 0 Å². The topological polar surface area (TPSA) is 32.3 Å². The van der Waals surface area contributed by atoms with E-state index in [0.717, 1.165) is 17.0 Å². The van der Waals surface area contributed by atoms with Crippen LogP contribution in [0.15, 0.2) is 53.4 Å². The molecule has 0 bridgehead atoms. The van der Waals surface area contributed by atoms with Gasteiger partial charge in [-0.1, -0.05) is 24.3 Å². The highest BCUT2D eigenvalue weighted by atomic mass is 32.2. The molecule has 0 radical (unpaired) electrons. The maximum Gasteiger partial charge on any atom is 0.416 e. The second-order valence-electron chi connectivity index (χ2n) is 5.65. The Kier molecular flexibility index (Phi) is 6.50. The number of likely N-dealkylation sites (N-methyl/N-ethyl adjacent to an activating group) is 1. The van der Waals surface area contributed by atoms with Gasteiger partial charge in [0.1, 0.15) is 0 Å². The zero-order chi connectivity index (χ0) is 18.4. The summed E-state index contributed by atoms with van der Waals surface area (Å²) < 4.78 is 38.2. The SMILES string of the molecule is CSc1cccc(NC(=O)CN(C)Cc2cccc(C(F)(F)F)c2)c1. The number of thioether (sulfide) groups is 1. The molecule has 1 amide bonds. The lowest BCUT2D eigenvalue weighted by molar-refractivity contribution is -0.137. The first-order valence-electron chi connectivity index (χ1n) is 7.56. The quantitative estimate of drug-likeness (QED) is 0.762. The fourth-order valence-electron chi connectivity index (χ4n) is 2.36. The summed E-state index contributed by atoms with van der Waals surface area (Å²) in [5.74, 6) is -0.215. The number of hydrogen-bond acceptors (Lipinski definition) is 3. The molecule has 0 aromatic heterocycles. The molecular formula is C18H19F3N2OS. The van der Waals surface area contributed by atoms with Crippen molar-refractivity contribution in [2.24, 2.45) is 0 Å². The van der Waals surface area contributed by atoms with E-state index in [1.807, 2.05) is 24.5 Å². The van der Waals surface area contributed by atoms with Crippen molar-refractivity contribution in [3.05, 3.63) is 59.7 Å². The highest BCUT2D eigenvalue weighted by molar-refractivity contribution is 7.98. The fraction of sp³-hybridized carbons (Fsp3) is 0.278. The normalized spacial score (nSPS) is 11.6. The summed E-state index contributed by atoms with van der Waals surface area (Å²) in [6, 6.07) is 12.6. The number of carbonyl (C=O) groups is 1. The molecule has 0 heterocycles. The molecule has 2 aromatic rings. The van der Waals surface area contributed by atoms with E-state index < -0.39 is 11.7 Å². The molecule has 0 fully saturated rings. The average Bonchev–Trinajstić information content (AvgIpc) is 2.54. The molecule has 0 aliphatic heterocycles. The zero-order valence-electron chi connectivity index (χ0n) is 13.9. The van der Waals surface area contributed by atoms with Crippen molar-refractivity contribution >= 4 is 23.4 Å². The smallest absolute Gasteiger partial charge is 0.325 e. The van der Waals surface area contributed by atoms with E-state index in [4.69, 9.17) is 0 Å². The standard InChI is InChI=1S/C18H19F3N2OS/c1-23(11-13-5-3-6-14(9-13)18(19,20)21)12-17(24)22-15-7-4-8-16(10-15)25-2/h3-10H,11-12H2,1-2H3,(H,22,24). The van der Waals surface area contributed by atoms with Crippen LogP contribution in [0.5, 0.6) is 0 Å². The zero-order valence-corrected chi connectivity index (χ0v) is 14.7. The van der Waals surface area contributed by atoms with Crippen molar-refractivity contribution in [2.75, 3.05) is 25.2 Å². The van der Waals surface area contributed by atoms with Crippen LogP contribution in [-0.4, -0.2) is 30.7 Å². The number of rotatable bonds is 6. The largest absolute Gasteiger partial charge is 0.416 e. The van der Waals surface area contributed by atoms with Gasteiger partial charge in [-0.3, -0.25) is 9.69 Å². The summed E-state index contributed by atoms with van der Waals surface area (Å²) in [6.07, 6.45) is -2.42. The number of carbonyl (C=O) groups excluding carboxylic acids is 1. The molecular weight excluding hydrogens is 349 g/mol. The third-order valence-electron chi connectivity index (χ3n) is 3.47. The van der Waals surface area contributed by atoms with Crippen molar-refractivity contribution in [2.45, 2.75) is 17.6 Å². The lowest BCUT2D eigenvalue weighted by Crippen LogP contribution is -2.29. The Hall–Kier alpha value is -1.99. The highest BCUT2D eigenvalue weighted by Crippen LogP contribution is 2.29. The summed E-state index contributed by atoms with van der Waals surface area (Å²) in [7, 11) is 1.69. The molecule has 3 nitrogen and oxygen atoms in total. The number of anilines is 1. The second-order valence-corrected chi connectivity index (χ2v) is 6.53. The Morgan fingerprint density at radius 1 is 1.16 bits per heavy atom. The van der Waals surface area contributed by atoms with Gasteiger partial charge in [-0.05, 0) is 43.1 Å². The minimum absolute atomic E-state index is 0.0831. The van der Waals surface area contributed by atoms with Crippen LogP contribution in [0.1, 0.15) is 11.1 Å². The van der Waals surface area contributed by atoms with Crippen molar-refractivity contribution in [3.63, 3.8) is 0 Å². The predicted octanol–water partition coefficient (Wildman–Crippen LogP) is 4.50. The summed E-state index contributed by atoms with van der Waals surface area (Å²) in [4.78, 5) is 14.8. The molecule has 0 saturated carbocycles. The van der Waals surface area contributed by atoms with Crippen LogP contribution in [-0.2, 0) is 17.5 Å². The summed E-state index contributed by atoms with van der Waals surface area (Å²) in [5.41, 5.74) is 0.524. The number of nitrogens with zero attached hydrogens (tertiary/aromatic N) is 1. The predicted molar refractivity (Wildman–Crippen MR) is 94.6 cm³/mol. The van der Waals surface area contributed by atoms with Crippen LogP contribution in [0, 0.1) is 0 Å². The molecule has 0 aliphatic rings. The molecule has 0 unspecified atom stereocenters. The molecule has 2 rings (SSSR count). The van der Waals surface area contributed by atoms with E-state index in [1.165, 1.54) is 6.07 Å². The number of amides is 1. The van der Waals surface area contributed by atoms with Crippen LogP contribution in [0.3, 0.4) is 0 Å². The van der Waals surface area contributed by atoms with E-state index in [1.54, 1.807) is 35.8 Å². The van der Waals surface area contributed by atoms with Gasteiger partial charge in [0.25, 0.3) is 0 Å². The van der Waals surface area contributed by atoms with Crippen LogP contribution < -0.4 is 5.32 Å². The first kappa shape index (κ1) is 19.3. The Labute approximate surface area is 149 Å². The lowest BCUT2D eigenvalue weighted by Gasteiger charge is -2.17. The van der Waals surface area contributed by atoms with Crippen molar-refractivity contribution < 1.29 is 18.0 Å². The lowest BCUT2D eigenvalue weighted by atomic mass is 10.1. The Morgan fingerprint density at radius 2 is 1.88 bits per heavy atom. The van der Waals surface area contributed by atoms with Gasteiger partial charge in [-0.25, -0.2) is 0 Å². The average molecular weight is 368 g/mol. The van der Waals surface area contributed by atoms with Gasteiger partial charge in [0.2, 0.25) is 5.91 Å². The van der Waals surface area contributed by atoms with Crippen LogP contribution in [0.25, 0.3) is 0 Å². The molecule has 2 aromatic carbocycles. The van der Waals surface area contributed by atoms with E-state index in [0.29, 0.717) is 11.3 Å². The van der Waals surface area contributed by atoms with Gasteiger partial charge in [-0.15, -0.1) is 11.8 Å². The molecule has 1 N–H and O–H groups in total. The molecule has 134 valence electrons. The molecule has 0 spiro atoms. The summed E-state index contributed by atoms with van der Waals surface area (Å²) in [6.45, 7) is 0.335. The molecule has 25 heavy (non-hydrogen) atoms.